The van der Waals surface area contributed by atoms with Gasteiger partial charge in [-0.1, -0.05) is 39.2 Å². The summed E-state index contributed by atoms with van der Waals surface area (Å²) in [4.78, 5) is 18.4. The largest absolute Gasteiger partial charge is 0.464 e. The average Bonchev–Trinajstić information content (AvgIpc) is 2.39. The molecule has 0 saturated heterocycles. The number of carbonyl (C=O) groups excluding carboxylic acids is 1. The molecule has 1 aromatic carbocycles. The first-order chi connectivity index (χ1) is 8.67. The molecular formula is C11H7BrN4O2. The van der Waals surface area contributed by atoms with Gasteiger partial charge in [0.2, 0.25) is 0 Å². The number of pyridine rings is 1. The van der Waals surface area contributed by atoms with Crippen molar-refractivity contribution in [2.75, 3.05) is 7.11 Å². The van der Waals surface area contributed by atoms with Crippen LogP contribution in [0.15, 0.2) is 33.9 Å². The first kappa shape index (κ1) is 12.3. The molecule has 0 amide bonds. The normalized spacial score (nSPS) is 9.89. The lowest BCUT2D eigenvalue weighted by molar-refractivity contribution is 0.0594. The summed E-state index contributed by atoms with van der Waals surface area (Å²) >= 11 is 3.35. The van der Waals surface area contributed by atoms with Gasteiger partial charge in [-0.05, 0) is 11.6 Å². The minimum absolute atomic E-state index is 0.150. The van der Waals surface area contributed by atoms with Gasteiger partial charge in [0.1, 0.15) is 5.69 Å². The minimum Gasteiger partial charge on any atom is -0.464 e. The number of benzene rings is 1. The molecule has 0 unspecified atom stereocenters. The van der Waals surface area contributed by atoms with Crippen LogP contribution in [0.3, 0.4) is 0 Å². The molecule has 0 atom stereocenters. The summed E-state index contributed by atoms with van der Waals surface area (Å²) in [6.45, 7) is 0. The zero-order valence-corrected chi connectivity index (χ0v) is 10.9. The van der Waals surface area contributed by atoms with Crippen molar-refractivity contribution >= 4 is 38.5 Å². The number of methoxy groups -OCH3 is 1. The van der Waals surface area contributed by atoms with E-state index >= 15 is 0 Å². The van der Waals surface area contributed by atoms with E-state index in [1.165, 1.54) is 7.11 Å². The van der Waals surface area contributed by atoms with E-state index < -0.39 is 5.97 Å². The molecule has 6 nitrogen and oxygen atoms in total. The van der Waals surface area contributed by atoms with Crippen molar-refractivity contribution in [3.8, 4) is 0 Å². The predicted octanol–water partition coefficient (Wildman–Crippen LogP) is 3.73. The molecule has 1 heterocycles. The van der Waals surface area contributed by atoms with E-state index in [1.54, 1.807) is 18.2 Å². The van der Waals surface area contributed by atoms with Crippen LogP contribution in [0, 0.1) is 0 Å². The van der Waals surface area contributed by atoms with E-state index in [0.29, 0.717) is 15.7 Å². The molecule has 2 rings (SSSR count). The molecule has 0 aliphatic carbocycles. The standard InChI is InChI=1S/C11H7BrN4O2/c1-18-11(17)9-5-7(12)6-3-2-4-8(15-16-13)10(6)14-9/h2-5H,1H3. The molecular weight excluding hydrogens is 300 g/mol. The Morgan fingerprint density at radius 3 is 3.00 bits per heavy atom. The van der Waals surface area contributed by atoms with Crippen LogP contribution in [0.4, 0.5) is 5.69 Å². The Labute approximate surface area is 110 Å². The lowest BCUT2D eigenvalue weighted by Gasteiger charge is -2.05. The van der Waals surface area contributed by atoms with Crippen LogP contribution in [-0.2, 0) is 4.74 Å². The number of para-hydroxylation sites is 1. The quantitative estimate of drug-likeness (QED) is 0.366. The Balaban J connectivity index is 2.79. The van der Waals surface area contributed by atoms with Gasteiger partial charge in [0, 0.05) is 14.8 Å². The lowest BCUT2D eigenvalue weighted by atomic mass is 10.2. The maximum atomic E-state index is 11.5. The number of rotatable bonds is 2. The topological polar surface area (TPSA) is 88.0 Å². The van der Waals surface area contributed by atoms with Crippen molar-refractivity contribution in [3.05, 3.63) is 44.9 Å². The fourth-order valence-electron chi connectivity index (χ4n) is 1.53. The van der Waals surface area contributed by atoms with Gasteiger partial charge >= 0.3 is 5.97 Å². The monoisotopic (exact) mass is 306 g/mol. The van der Waals surface area contributed by atoms with Crippen LogP contribution in [0.25, 0.3) is 21.3 Å². The molecule has 0 aliphatic rings. The molecule has 90 valence electrons. The second-order valence-electron chi connectivity index (χ2n) is 3.34. The van der Waals surface area contributed by atoms with E-state index in [1.807, 2.05) is 6.07 Å². The Kier molecular flexibility index (Phi) is 3.45. The summed E-state index contributed by atoms with van der Waals surface area (Å²) in [6, 6.07) is 6.75. The van der Waals surface area contributed by atoms with Gasteiger partial charge in [-0.2, -0.15) is 0 Å². The van der Waals surface area contributed by atoms with Crippen LogP contribution in [0.2, 0.25) is 0 Å². The number of aromatic nitrogens is 1. The highest BCUT2D eigenvalue weighted by Crippen LogP contribution is 2.30. The third kappa shape index (κ3) is 2.13. The van der Waals surface area contributed by atoms with Crippen molar-refractivity contribution in [1.29, 1.82) is 0 Å². The zero-order chi connectivity index (χ0) is 13.1. The molecule has 2 aromatic rings. The highest BCUT2D eigenvalue weighted by Gasteiger charge is 2.12. The van der Waals surface area contributed by atoms with Crippen LogP contribution in [0.5, 0.6) is 0 Å². The third-order valence-electron chi connectivity index (χ3n) is 2.31. The summed E-state index contributed by atoms with van der Waals surface area (Å²) in [5, 5.41) is 4.30. The fourth-order valence-corrected chi connectivity index (χ4v) is 2.07. The number of halogens is 1. The first-order valence-corrected chi connectivity index (χ1v) is 5.69. The molecule has 7 heteroatoms. The van der Waals surface area contributed by atoms with E-state index in [0.717, 1.165) is 5.39 Å². The van der Waals surface area contributed by atoms with Gasteiger partial charge in [-0.3, -0.25) is 0 Å². The van der Waals surface area contributed by atoms with E-state index in [2.05, 4.69) is 35.7 Å². The summed E-state index contributed by atoms with van der Waals surface area (Å²) in [7, 11) is 1.28. The third-order valence-corrected chi connectivity index (χ3v) is 2.97. The van der Waals surface area contributed by atoms with Crippen LogP contribution in [0.1, 0.15) is 10.5 Å². The smallest absolute Gasteiger partial charge is 0.356 e. The zero-order valence-electron chi connectivity index (χ0n) is 9.29. The molecule has 0 radical (unpaired) electrons. The highest BCUT2D eigenvalue weighted by molar-refractivity contribution is 9.10. The number of nitrogens with zero attached hydrogens (tertiary/aromatic N) is 4. The number of hydrogen-bond donors (Lipinski definition) is 0. The second-order valence-corrected chi connectivity index (χ2v) is 4.20. The van der Waals surface area contributed by atoms with Gasteiger partial charge in [0.25, 0.3) is 0 Å². The van der Waals surface area contributed by atoms with Crippen molar-refractivity contribution in [3.63, 3.8) is 0 Å². The molecule has 1 aromatic heterocycles. The summed E-state index contributed by atoms with van der Waals surface area (Å²) in [6.07, 6.45) is 0. The van der Waals surface area contributed by atoms with Gasteiger partial charge in [0.15, 0.2) is 0 Å². The van der Waals surface area contributed by atoms with Crippen molar-refractivity contribution < 1.29 is 9.53 Å². The molecule has 0 bridgehead atoms. The molecule has 0 fully saturated rings. The van der Waals surface area contributed by atoms with Gasteiger partial charge < -0.3 is 4.74 Å². The number of esters is 1. The number of hydrogen-bond acceptors (Lipinski definition) is 4. The SMILES string of the molecule is COC(=O)c1cc(Br)c2cccc(N=[N+]=[N-])c2n1. The van der Waals surface area contributed by atoms with E-state index in [9.17, 15) is 4.79 Å². The molecule has 0 saturated carbocycles. The Bertz CT molecular complexity index is 680. The molecule has 0 aliphatic heterocycles. The van der Waals surface area contributed by atoms with Gasteiger partial charge in [-0.25, -0.2) is 9.78 Å². The molecule has 0 spiro atoms. The summed E-state index contributed by atoms with van der Waals surface area (Å²) in [5.41, 5.74) is 9.46. The molecule has 18 heavy (non-hydrogen) atoms. The number of ether oxygens (including phenoxy) is 1. The minimum atomic E-state index is -0.548. The average molecular weight is 307 g/mol. The van der Waals surface area contributed by atoms with Crippen LogP contribution < -0.4 is 0 Å². The first-order valence-electron chi connectivity index (χ1n) is 4.90. The van der Waals surface area contributed by atoms with Crippen LogP contribution >= 0.6 is 15.9 Å². The second kappa shape index (κ2) is 5.03. The predicted molar refractivity (Wildman–Crippen MR) is 69.6 cm³/mol. The number of fused-ring (bicyclic) bond motifs is 1. The Morgan fingerprint density at radius 2 is 2.33 bits per heavy atom. The van der Waals surface area contributed by atoms with Gasteiger partial charge in [0.05, 0.1) is 18.3 Å². The Morgan fingerprint density at radius 1 is 1.56 bits per heavy atom. The van der Waals surface area contributed by atoms with E-state index in [4.69, 9.17) is 5.53 Å². The maximum Gasteiger partial charge on any atom is 0.356 e. The lowest BCUT2D eigenvalue weighted by Crippen LogP contribution is -2.04. The maximum absolute atomic E-state index is 11.5. The van der Waals surface area contributed by atoms with Crippen LogP contribution in [-0.4, -0.2) is 18.1 Å². The number of azide groups is 1. The highest BCUT2D eigenvalue weighted by atomic mass is 79.9. The van der Waals surface area contributed by atoms with Crippen molar-refractivity contribution in [2.24, 2.45) is 5.11 Å². The summed E-state index contributed by atoms with van der Waals surface area (Å²) in [5.74, 6) is -0.548. The van der Waals surface area contributed by atoms with Crippen molar-refractivity contribution in [2.45, 2.75) is 0 Å². The van der Waals surface area contributed by atoms with Crippen molar-refractivity contribution in [1.82, 2.24) is 4.98 Å². The Hall–Kier alpha value is -2.11. The van der Waals surface area contributed by atoms with Gasteiger partial charge in [-0.15, -0.1) is 0 Å². The number of carbonyl (C=O) groups is 1. The fraction of sp³-hybridized carbons (Fsp3) is 0.0909. The molecule has 0 N–H and O–H groups in total. The van der Waals surface area contributed by atoms with E-state index in [-0.39, 0.29) is 5.69 Å². The summed E-state index contributed by atoms with van der Waals surface area (Å²) < 4.78 is 5.30.